The minimum atomic E-state index is -0.669. The zero-order valence-corrected chi connectivity index (χ0v) is 25.4. The van der Waals surface area contributed by atoms with E-state index in [0.29, 0.717) is 27.9 Å². The number of carbonyl (C=O) groups excluding carboxylic acids is 1. The molecule has 5 rings (SSSR count). The van der Waals surface area contributed by atoms with Crippen LogP contribution in [0.5, 0.6) is 0 Å². The summed E-state index contributed by atoms with van der Waals surface area (Å²) >= 11 is 0. The van der Waals surface area contributed by atoms with E-state index in [1.165, 1.54) is 29.1 Å². The lowest BCUT2D eigenvalue weighted by Gasteiger charge is -2.20. The quantitative estimate of drug-likeness (QED) is 0.219. The molecule has 3 aromatic carbocycles. The Kier molecular flexibility index (Phi) is 8.47. The first kappa shape index (κ1) is 31.0. The summed E-state index contributed by atoms with van der Waals surface area (Å²) in [4.78, 5) is 42.8. The molecule has 0 aliphatic carbocycles. The van der Waals surface area contributed by atoms with E-state index in [1.807, 2.05) is 26.8 Å². The average molecular weight is 609 g/mol. The van der Waals surface area contributed by atoms with Crippen molar-refractivity contribution < 1.29 is 14.3 Å². The number of carbonyl (C=O) groups is 1. The van der Waals surface area contributed by atoms with E-state index in [9.17, 15) is 19.5 Å². The van der Waals surface area contributed by atoms with E-state index < -0.39 is 23.5 Å². The molecule has 0 aliphatic heterocycles. The van der Waals surface area contributed by atoms with Gasteiger partial charge in [-0.1, -0.05) is 51.6 Å². The number of halogens is 1. The molecular weight excluding hydrogens is 575 g/mol. The van der Waals surface area contributed by atoms with Gasteiger partial charge < -0.3 is 20.3 Å². The standard InChI is InChI=1S/C34H33FN6O4/c1-6-29(43)36-16-20-9-7-10-23(13-20)38-31-33(45)40(5)18-27(39-31)24-11-8-12-28(25(24)19-42)41-32(44)30-21(17-37-41)14-22(15-26(30)35)34(2,3)4/h6-15,17-18,42H,1,16,19H2,2-5H3,(H,36,43)(H,38,39). The van der Waals surface area contributed by atoms with Crippen molar-refractivity contribution >= 4 is 28.2 Å². The van der Waals surface area contributed by atoms with Gasteiger partial charge in [-0.05, 0) is 52.9 Å². The average Bonchev–Trinajstić information content (AvgIpc) is 3.01. The zero-order chi connectivity index (χ0) is 32.5. The molecule has 1 amide bonds. The van der Waals surface area contributed by atoms with E-state index in [0.717, 1.165) is 15.8 Å². The van der Waals surface area contributed by atoms with Crippen molar-refractivity contribution in [3.05, 3.63) is 123 Å². The molecule has 3 N–H and O–H groups in total. The summed E-state index contributed by atoms with van der Waals surface area (Å²) in [6.07, 6.45) is 4.15. The number of hydrogen-bond donors (Lipinski definition) is 3. The van der Waals surface area contributed by atoms with Crippen molar-refractivity contribution in [2.45, 2.75) is 39.3 Å². The molecule has 2 heterocycles. The first-order chi connectivity index (χ1) is 21.4. The van der Waals surface area contributed by atoms with E-state index >= 15 is 4.39 Å². The predicted octanol–water partition coefficient (Wildman–Crippen LogP) is 4.62. The second-order valence-corrected chi connectivity index (χ2v) is 11.6. The van der Waals surface area contributed by atoms with Crippen molar-refractivity contribution in [2.24, 2.45) is 7.05 Å². The molecule has 5 aromatic rings. The number of benzene rings is 3. The van der Waals surface area contributed by atoms with Gasteiger partial charge in [-0.15, -0.1) is 0 Å². The van der Waals surface area contributed by atoms with Crippen LogP contribution in [0.15, 0.2) is 89.2 Å². The topological polar surface area (TPSA) is 131 Å². The van der Waals surface area contributed by atoms with Gasteiger partial charge in [-0.3, -0.25) is 14.4 Å². The molecule has 10 nitrogen and oxygen atoms in total. The van der Waals surface area contributed by atoms with Crippen LogP contribution in [0.4, 0.5) is 15.9 Å². The van der Waals surface area contributed by atoms with Gasteiger partial charge in [0, 0.05) is 42.0 Å². The fourth-order valence-corrected chi connectivity index (χ4v) is 4.99. The van der Waals surface area contributed by atoms with Gasteiger partial charge >= 0.3 is 0 Å². The maximum Gasteiger partial charge on any atom is 0.293 e. The van der Waals surface area contributed by atoms with E-state index in [2.05, 4.69) is 27.3 Å². The van der Waals surface area contributed by atoms with Crippen molar-refractivity contribution in [3.63, 3.8) is 0 Å². The molecule has 0 radical (unpaired) electrons. The van der Waals surface area contributed by atoms with Gasteiger partial charge in [0.25, 0.3) is 11.1 Å². The Bertz CT molecular complexity index is 2080. The van der Waals surface area contributed by atoms with Crippen LogP contribution >= 0.6 is 0 Å². The van der Waals surface area contributed by atoms with Gasteiger partial charge in [0.1, 0.15) is 5.82 Å². The van der Waals surface area contributed by atoms with Crippen LogP contribution in [0.2, 0.25) is 0 Å². The van der Waals surface area contributed by atoms with Crippen molar-refractivity contribution in [3.8, 4) is 16.9 Å². The molecule has 45 heavy (non-hydrogen) atoms. The van der Waals surface area contributed by atoms with Crippen LogP contribution in [0.1, 0.15) is 37.5 Å². The summed E-state index contributed by atoms with van der Waals surface area (Å²) in [5.74, 6) is -0.934. The number of fused-ring (bicyclic) bond motifs is 1. The number of aryl methyl sites for hydroxylation is 1. The summed E-state index contributed by atoms with van der Waals surface area (Å²) in [7, 11) is 1.58. The van der Waals surface area contributed by atoms with Crippen LogP contribution < -0.4 is 21.8 Å². The summed E-state index contributed by atoms with van der Waals surface area (Å²) in [5.41, 5.74) is 2.06. The number of aliphatic hydroxyl groups is 1. The molecule has 0 spiro atoms. The third kappa shape index (κ3) is 6.29. The number of aromatic nitrogens is 4. The van der Waals surface area contributed by atoms with Crippen LogP contribution in [0.3, 0.4) is 0 Å². The fraction of sp³-hybridized carbons (Fsp3) is 0.206. The summed E-state index contributed by atoms with van der Waals surface area (Å²) in [5, 5.41) is 20.9. The lowest BCUT2D eigenvalue weighted by atomic mass is 9.86. The number of nitrogens with zero attached hydrogens (tertiary/aromatic N) is 4. The number of nitrogens with one attached hydrogen (secondary N) is 2. The molecule has 2 aromatic heterocycles. The molecule has 0 saturated carbocycles. The van der Waals surface area contributed by atoms with Gasteiger partial charge in [0.15, 0.2) is 5.82 Å². The lowest BCUT2D eigenvalue weighted by Crippen LogP contribution is -2.24. The molecule has 0 fully saturated rings. The van der Waals surface area contributed by atoms with Crippen molar-refractivity contribution in [1.29, 1.82) is 0 Å². The highest BCUT2D eigenvalue weighted by Gasteiger charge is 2.21. The fourth-order valence-electron chi connectivity index (χ4n) is 4.99. The van der Waals surface area contributed by atoms with Crippen molar-refractivity contribution in [1.82, 2.24) is 24.6 Å². The minimum Gasteiger partial charge on any atom is -0.392 e. The van der Waals surface area contributed by atoms with Crippen LogP contribution in [-0.4, -0.2) is 30.3 Å². The monoisotopic (exact) mass is 608 g/mol. The third-order valence-electron chi connectivity index (χ3n) is 7.43. The first-order valence-corrected chi connectivity index (χ1v) is 14.2. The molecule has 0 unspecified atom stereocenters. The Morgan fingerprint density at radius 3 is 2.56 bits per heavy atom. The van der Waals surface area contributed by atoms with Gasteiger partial charge in [0.05, 0.1) is 29.6 Å². The molecule has 0 saturated heterocycles. The van der Waals surface area contributed by atoms with Crippen LogP contribution in [0, 0.1) is 5.82 Å². The summed E-state index contributed by atoms with van der Waals surface area (Å²) < 4.78 is 17.7. The number of amides is 1. The lowest BCUT2D eigenvalue weighted by molar-refractivity contribution is -0.116. The first-order valence-electron chi connectivity index (χ1n) is 14.2. The second kappa shape index (κ2) is 12.3. The van der Waals surface area contributed by atoms with Crippen LogP contribution in [-0.2, 0) is 30.4 Å². The van der Waals surface area contributed by atoms with E-state index in [1.54, 1.807) is 49.5 Å². The Balaban J connectivity index is 1.57. The number of aliphatic hydroxyl groups excluding tert-OH is 1. The molecule has 0 atom stereocenters. The summed E-state index contributed by atoms with van der Waals surface area (Å²) in [6.45, 7) is 9.09. The van der Waals surface area contributed by atoms with Gasteiger partial charge in [-0.25, -0.2) is 9.37 Å². The van der Waals surface area contributed by atoms with Crippen LogP contribution in [0.25, 0.3) is 27.7 Å². The molecule has 0 aliphatic rings. The molecule has 230 valence electrons. The van der Waals surface area contributed by atoms with Gasteiger partial charge in [0.2, 0.25) is 5.91 Å². The molecule has 0 bridgehead atoms. The SMILES string of the molecule is C=CC(=O)NCc1cccc(Nc2nc(-c3cccc(-n4ncc5cc(C(C)(C)C)cc(F)c5c4=O)c3CO)cn(C)c2=O)c1. The predicted molar refractivity (Wildman–Crippen MR) is 172 cm³/mol. The normalized spacial score (nSPS) is 11.4. The second-order valence-electron chi connectivity index (χ2n) is 11.6. The molecular formula is C34H33FN6O4. The van der Waals surface area contributed by atoms with E-state index in [4.69, 9.17) is 0 Å². The highest BCUT2D eigenvalue weighted by molar-refractivity contribution is 5.86. The Hall–Kier alpha value is -5.42. The highest BCUT2D eigenvalue weighted by atomic mass is 19.1. The molecule has 11 heteroatoms. The maximum atomic E-state index is 15.3. The number of anilines is 2. The zero-order valence-electron chi connectivity index (χ0n) is 25.4. The Morgan fingerprint density at radius 1 is 1.09 bits per heavy atom. The number of rotatable bonds is 8. The Morgan fingerprint density at radius 2 is 1.84 bits per heavy atom. The third-order valence-corrected chi connectivity index (χ3v) is 7.43. The summed E-state index contributed by atoms with van der Waals surface area (Å²) in [6, 6.07) is 15.2. The Labute approximate surface area is 258 Å². The minimum absolute atomic E-state index is 0.0225. The van der Waals surface area contributed by atoms with E-state index in [-0.39, 0.29) is 34.8 Å². The van der Waals surface area contributed by atoms with Gasteiger partial charge in [-0.2, -0.15) is 9.78 Å². The highest BCUT2D eigenvalue weighted by Crippen LogP contribution is 2.29. The smallest absolute Gasteiger partial charge is 0.293 e. The van der Waals surface area contributed by atoms with Crippen molar-refractivity contribution in [2.75, 3.05) is 5.32 Å². The number of hydrogen-bond acceptors (Lipinski definition) is 7. The largest absolute Gasteiger partial charge is 0.392 e. The maximum absolute atomic E-state index is 15.3.